The number of carbonyl (C=O) groups is 1. The number of carbonyl (C=O) groups excluding carboxylic acids is 1. The van der Waals surface area contributed by atoms with Crippen LogP contribution in [0.3, 0.4) is 0 Å². The van der Waals surface area contributed by atoms with Crippen molar-refractivity contribution in [3.05, 3.63) is 29.0 Å². The zero-order valence-corrected chi connectivity index (χ0v) is 7.91. The molecule has 0 saturated carbocycles. The molecule has 4 heteroatoms. The molecule has 0 spiro atoms. The molecule has 0 aliphatic rings. The molecule has 0 aliphatic carbocycles. The van der Waals surface area contributed by atoms with Gasteiger partial charge >= 0.3 is 0 Å². The molecule has 0 amide bonds. The van der Waals surface area contributed by atoms with Gasteiger partial charge in [-0.1, -0.05) is 12.1 Å². The zero-order chi connectivity index (χ0) is 10.1. The van der Waals surface area contributed by atoms with Gasteiger partial charge in [-0.3, -0.25) is 0 Å². The second-order valence-electron chi connectivity index (χ2n) is 2.91. The average molecular weight is 211 g/mol. The smallest absolute Gasteiger partial charge is 0.194 e. The minimum Gasteiger partial charge on any atom is -0.504 e. The van der Waals surface area contributed by atoms with Crippen molar-refractivity contribution in [3.8, 4) is 5.75 Å². The molecule has 72 valence electrons. The Bertz CT molecular complexity index is 487. The van der Waals surface area contributed by atoms with Crippen molar-refractivity contribution in [3.63, 3.8) is 0 Å². The van der Waals surface area contributed by atoms with Gasteiger partial charge in [0.25, 0.3) is 0 Å². The molecule has 2 aromatic rings. The topological polar surface area (TPSA) is 50.4 Å². The van der Waals surface area contributed by atoms with E-state index in [9.17, 15) is 9.90 Å². The SMILES string of the molecule is O=CCc1ccc2cc(Cl)oc2c1O. The van der Waals surface area contributed by atoms with Gasteiger partial charge < -0.3 is 14.3 Å². The summed E-state index contributed by atoms with van der Waals surface area (Å²) in [6, 6.07) is 5.04. The highest BCUT2D eigenvalue weighted by molar-refractivity contribution is 6.29. The molecule has 0 bridgehead atoms. The van der Waals surface area contributed by atoms with E-state index >= 15 is 0 Å². The lowest BCUT2D eigenvalue weighted by atomic mass is 10.1. The monoisotopic (exact) mass is 210 g/mol. The van der Waals surface area contributed by atoms with E-state index in [4.69, 9.17) is 16.0 Å². The Balaban J connectivity index is 2.67. The Hall–Kier alpha value is -1.48. The Morgan fingerprint density at radius 3 is 3.00 bits per heavy atom. The molecule has 0 saturated heterocycles. The highest BCUT2D eigenvalue weighted by atomic mass is 35.5. The summed E-state index contributed by atoms with van der Waals surface area (Å²) >= 11 is 5.64. The van der Waals surface area contributed by atoms with Gasteiger partial charge in [-0.05, 0) is 11.6 Å². The lowest BCUT2D eigenvalue weighted by Gasteiger charge is -1.99. The van der Waals surface area contributed by atoms with Crippen molar-refractivity contribution < 1.29 is 14.3 Å². The van der Waals surface area contributed by atoms with E-state index in [0.29, 0.717) is 11.1 Å². The van der Waals surface area contributed by atoms with E-state index in [-0.39, 0.29) is 17.4 Å². The number of aldehydes is 1. The number of fused-ring (bicyclic) bond motifs is 1. The van der Waals surface area contributed by atoms with Gasteiger partial charge in [0.05, 0.1) is 0 Å². The second kappa shape index (κ2) is 3.35. The van der Waals surface area contributed by atoms with Gasteiger partial charge in [0, 0.05) is 23.4 Å². The predicted octanol–water partition coefficient (Wildman–Crippen LogP) is 2.53. The van der Waals surface area contributed by atoms with Crippen LogP contribution in [0.25, 0.3) is 11.0 Å². The van der Waals surface area contributed by atoms with Crippen LogP contribution in [0.2, 0.25) is 5.22 Å². The van der Waals surface area contributed by atoms with Gasteiger partial charge in [0.1, 0.15) is 6.29 Å². The van der Waals surface area contributed by atoms with Crippen LogP contribution in [-0.2, 0) is 11.2 Å². The number of furan rings is 1. The van der Waals surface area contributed by atoms with E-state index in [1.54, 1.807) is 18.2 Å². The molecule has 1 aromatic carbocycles. The number of rotatable bonds is 2. The molecular formula is C10H7ClO3. The van der Waals surface area contributed by atoms with Gasteiger partial charge in [-0.2, -0.15) is 0 Å². The lowest BCUT2D eigenvalue weighted by molar-refractivity contribution is -0.107. The molecule has 1 N–H and O–H groups in total. The fourth-order valence-corrected chi connectivity index (χ4v) is 1.55. The van der Waals surface area contributed by atoms with Crippen molar-refractivity contribution >= 4 is 28.9 Å². The summed E-state index contributed by atoms with van der Waals surface area (Å²) in [5.41, 5.74) is 0.868. The van der Waals surface area contributed by atoms with Crippen molar-refractivity contribution in [1.82, 2.24) is 0 Å². The van der Waals surface area contributed by atoms with E-state index in [2.05, 4.69) is 0 Å². The highest BCUT2D eigenvalue weighted by Gasteiger charge is 2.10. The van der Waals surface area contributed by atoms with Crippen LogP contribution >= 0.6 is 11.6 Å². The molecule has 0 aliphatic heterocycles. The number of hydrogen-bond acceptors (Lipinski definition) is 3. The third-order valence-corrected chi connectivity index (χ3v) is 2.20. The number of phenolic OH excluding ortho intramolecular Hbond substituents is 1. The number of phenols is 1. The third kappa shape index (κ3) is 1.36. The summed E-state index contributed by atoms with van der Waals surface area (Å²) in [7, 11) is 0. The first-order chi connectivity index (χ1) is 6.72. The van der Waals surface area contributed by atoms with Crippen LogP contribution in [0.5, 0.6) is 5.75 Å². The van der Waals surface area contributed by atoms with Crippen LogP contribution in [0, 0.1) is 0 Å². The van der Waals surface area contributed by atoms with Crippen LogP contribution in [0.4, 0.5) is 0 Å². The van der Waals surface area contributed by atoms with E-state index in [1.807, 2.05) is 0 Å². The predicted molar refractivity (Wildman–Crippen MR) is 52.7 cm³/mol. The molecule has 1 heterocycles. The summed E-state index contributed by atoms with van der Waals surface area (Å²) < 4.78 is 5.09. The third-order valence-electron chi connectivity index (χ3n) is 2.02. The van der Waals surface area contributed by atoms with E-state index in [1.165, 1.54) is 0 Å². The fraction of sp³-hybridized carbons (Fsp3) is 0.100. The van der Waals surface area contributed by atoms with Gasteiger partial charge in [0.2, 0.25) is 0 Å². The second-order valence-corrected chi connectivity index (χ2v) is 3.29. The van der Waals surface area contributed by atoms with Crippen molar-refractivity contribution in [2.24, 2.45) is 0 Å². The largest absolute Gasteiger partial charge is 0.504 e. The number of aromatic hydroxyl groups is 1. The number of benzene rings is 1. The summed E-state index contributed by atoms with van der Waals surface area (Å²) in [4.78, 5) is 10.3. The first kappa shape index (κ1) is 9.09. The summed E-state index contributed by atoms with van der Waals surface area (Å²) in [5.74, 6) is -0.0125. The highest BCUT2D eigenvalue weighted by Crippen LogP contribution is 2.32. The lowest BCUT2D eigenvalue weighted by Crippen LogP contribution is -1.86. The first-order valence-corrected chi connectivity index (χ1v) is 4.43. The fourth-order valence-electron chi connectivity index (χ4n) is 1.35. The minimum absolute atomic E-state index is 0.0125. The van der Waals surface area contributed by atoms with Gasteiger partial charge in [0.15, 0.2) is 16.6 Å². The average Bonchev–Trinajstić information content (AvgIpc) is 2.52. The summed E-state index contributed by atoms with van der Waals surface area (Å²) in [6.45, 7) is 0. The van der Waals surface area contributed by atoms with Crippen LogP contribution in [-0.4, -0.2) is 11.4 Å². The molecule has 1 aromatic heterocycles. The summed E-state index contributed by atoms with van der Waals surface area (Å²) in [5, 5.41) is 10.6. The molecule has 0 fully saturated rings. The Morgan fingerprint density at radius 2 is 2.29 bits per heavy atom. The van der Waals surface area contributed by atoms with E-state index in [0.717, 1.165) is 11.7 Å². The van der Waals surface area contributed by atoms with E-state index < -0.39 is 0 Å². The Kier molecular flexibility index (Phi) is 2.17. The van der Waals surface area contributed by atoms with Crippen LogP contribution in [0.15, 0.2) is 22.6 Å². The van der Waals surface area contributed by atoms with Gasteiger partial charge in [-0.25, -0.2) is 0 Å². The summed E-state index contributed by atoms with van der Waals surface area (Å²) in [6.07, 6.45) is 0.894. The molecule has 0 unspecified atom stereocenters. The minimum atomic E-state index is -0.0125. The Labute approximate surface area is 84.9 Å². The van der Waals surface area contributed by atoms with Crippen molar-refractivity contribution in [2.75, 3.05) is 0 Å². The molecule has 0 radical (unpaired) electrons. The number of hydrogen-bond donors (Lipinski definition) is 1. The molecule has 14 heavy (non-hydrogen) atoms. The van der Waals surface area contributed by atoms with Crippen LogP contribution < -0.4 is 0 Å². The standard InChI is InChI=1S/C10H7ClO3/c11-8-5-7-2-1-6(3-4-12)9(13)10(7)14-8/h1-2,4-5,13H,3H2. The molecule has 3 nitrogen and oxygen atoms in total. The maximum Gasteiger partial charge on any atom is 0.194 e. The number of halogens is 1. The quantitative estimate of drug-likeness (QED) is 0.775. The molecule has 2 rings (SSSR count). The molecule has 0 atom stereocenters. The van der Waals surface area contributed by atoms with Crippen LogP contribution in [0.1, 0.15) is 5.56 Å². The molecular weight excluding hydrogens is 204 g/mol. The van der Waals surface area contributed by atoms with Gasteiger partial charge in [-0.15, -0.1) is 0 Å². The zero-order valence-electron chi connectivity index (χ0n) is 7.16. The maximum absolute atomic E-state index is 10.3. The maximum atomic E-state index is 10.3. The first-order valence-electron chi connectivity index (χ1n) is 4.06. The Morgan fingerprint density at radius 1 is 1.50 bits per heavy atom. The van der Waals surface area contributed by atoms with Crippen molar-refractivity contribution in [1.29, 1.82) is 0 Å². The normalized spacial score (nSPS) is 10.6. The van der Waals surface area contributed by atoms with Crippen molar-refractivity contribution in [2.45, 2.75) is 6.42 Å².